The minimum absolute atomic E-state index is 0.0556. The number of hydrogen-bond acceptors (Lipinski definition) is 2. The molecule has 0 aromatic heterocycles. The zero-order valence-electron chi connectivity index (χ0n) is 12.3. The van der Waals surface area contributed by atoms with Crippen molar-refractivity contribution in [3.8, 4) is 0 Å². The van der Waals surface area contributed by atoms with E-state index >= 15 is 0 Å². The minimum atomic E-state index is 0.0556. The Bertz CT molecular complexity index is 314. The van der Waals surface area contributed by atoms with Crippen molar-refractivity contribution >= 4 is 5.91 Å². The zero-order valence-corrected chi connectivity index (χ0v) is 12.3. The summed E-state index contributed by atoms with van der Waals surface area (Å²) in [6.07, 6.45) is 5.97. The third-order valence-corrected chi connectivity index (χ3v) is 4.86. The summed E-state index contributed by atoms with van der Waals surface area (Å²) in [5.74, 6) is 0.783. The molecule has 0 aromatic rings. The second-order valence-corrected chi connectivity index (χ2v) is 6.95. The summed E-state index contributed by atoms with van der Waals surface area (Å²) < 4.78 is 0. The van der Waals surface area contributed by atoms with E-state index in [4.69, 9.17) is 0 Å². The molecule has 1 saturated carbocycles. The normalized spacial score (nSPS) is 33.8. The number of nitrogens with one attached hydrogen (secondary N) is 1. The molecule has 1 aliphatic heterocycles. The van der Waals surface area contributed by atoms with Crippen LogP contribution in [0.25, 0.3) is 0 Å². The fourth-order valence-electron chi connectivity index (χ4n) is 3.45. The highest BCUT2D eigenvalue weighted by atomic mass is 16.2. The van der Waals surface area contributed by atoms with Gasteiger partial charge in [-0.25, -0.2) is 0 Å². The summed E-state index contributed by atoms with van der Waals surface area (Å²) in [4.78, 5) is 14.6. The Kier molecular flexibility index (Phi) is 4.00. The van der Waals surface area contributed by atoms with Crippen LogP contribution >= 0.6 is 0 Å². The molecule has 3 atom stereocenters. The van der Waals surface area contributed by atoms with Crippen LogP contribution in [0, 0.1) is 11.3 Å². The molecule has 3 nitrogen and oxygen atoms in total. The summed E-state index contributed by atoms with van der Waals surface area (Å²) in [6.45, 7) is 9.75. The first-order valence-electron chi connectivity index (χ1n) is 7.48. The van der Waals surface area contributed by atoms with E-state index in [0.717, 1.165) is 19.5 Å². The van der Waals surface area contributed by atoms with Gasteiger partial charge in [0.15, 0.2) is 0 Å². The van der Waals surface area contributed by atoms with E-state index in [1.54, 1.807) is 0 Å². The highest BCUT2D eigenvalue weighted by Gasteiger charge is 2.40. The van der Waals surface area contributed by atoms with E-state index in [1.165, 1.54) is 19.3 Å². The van der Waals surface area contributed by atoms with Gasteiger partial charge in [0.1, 0.15) is 0 Å². The van der Waals surface area contributed by atoms with E-state index in [1.807, 2.05) is 0 Å². The molecule has 1 heterocycles. The molecule has 2 aliphatic rings. The maximum Gasteiger partial charge on any atom is 0.241 e. The van der Waals surface area contributed by atoms with Crippen molar-refractivity contribution in [2.45, 2.75) is 71.9 Å². The van der Waals surface area contributed by atoms with Gasteiger partial charge in [0, 0.05) is 6.04 Å². The fraction of sp³-hybridized carbons (Fsp3) is 0.933. The van der Waals surface area contributed by atoms with Gasteiger partial charge in [0.05, 0.1) is 12.7 Å². The van der Waals surface area contributed by atoms with Crippen molar-refractivity contribution in [1.82, 2.24) is 10.2 Å². The molecule has 0 radical (unpaired) electrons. The van der Waals surface area contributed by atoms with Crippen LogP contribution in [0.5, 0.6) is 0 Å². The molecule has 1 amide bonds. The van der Waals surface area contributed by atoms with Crippen molar-refractivity contribution in [1.29, 1.82) is 0 Å². The first-order valence-corrected chi connectivity index (χ1v) is 7.48. The number of hydrogen-bond donors (Lipinski definition) is 1. The Labute approximate surface area is 111 Å². The molecule has 0 spiro atoms. The molecule has 0 aromatic carbocycles. The highest BCUT2D eigenvalue weighted by Crippen LogP contribution is 2.38. The molecule has 104 valence electrons. The SMILES string of the molecule is CCC(C)C1NCN(C2CCCC(C)(C)C2)C1=O. The first-order chi connectivity index (χ1) is 8.44. The Balaban J connectivity index is 2.00. The zero-order chi connectivity index (χ0) is 13.3. The van der Waals surface area contributed by atoms with E-state index in [9.17, 15) is 4.79 Å². The first kappa shape index (κ1) is 13.9. The number of carbonyl (C=O) groups is 1. The Morgan fingerprint density at radius 2 is 2.22 bits per heavy atom. The number of amides is 1. The van der Waals surface area contributed by atoms with Crippen LogP contribution in [0.2, 0.25) is 0 Å². The standard InChI is InChI=1S/C15H28N2O/c1-5-11(2)13-14(18)17(10-16-13)12-7-6-8-15(3,4)9-12/h11-13,16H,5-10H2,1-4H3. The summed E-state index contributed by atoms with van der Waals surface area (Å²) in [6, 6.07) is 0.517. The monoisotopic (exact) mass is 252 g/mol. The third kappa shape index (κ3) is 2.71. The van der Waals surface area contributed by atoms with Crippen LogP contribution in [-0.4, -0.2) is 29.6 Å². The lowest BCUT2D eigenvalue weighted by molar-refractivity contribution is -0.132. The van der Waals surface area contributed by atoms with Crippen molar-refractivity contribution in [2.75, 3.05) is 6.67 Å². The van der Waals surface area contributed by atoms with E-state index in [2.05, 4.69) is 37.9 Å². The molecule has 18 heavy (non-hydrogen) atoms. The predicted molar refractivity (Wildman–Crippen MR) is 74.1 cm³/mol. The van der Waals surface area contributed by atoms with Gasteiger partial charge in [0.2, 0.25) is 5.91 Å². The lowest BCUT2D eigenvalue weighted by Crippen LogP contribution is -2.44. The molecular formula is C15H28N2O. The third-order valence-electron chi connectivity index (χ3n) is 4.86. The molecule has 1 saturated heterocycles. The van der Waals surface area contributed by atoms with Gasteiger partial charge in [-0.3, -0.25) is 10.1 Å². The molecule has 2 fully saturated rings. The minimum Gasteiger partial charge on any atom is -0.326 e. The fourth-order valence-corrected chi connectivity index (χ4v) is 3.45. The Morgan fingerprint density at radius 1 is 1.50 bits per heavy atom. The molecule has 0 bridgehead atoms. The Morgan fingerprint density at radius 3 is 2.83 bits per heavy atom. The lowest BCUT2D eigenvalue weighted by atomic mass is 9.74. The highest BCUT2D eigenvalue weighted by molar-refractivity contribution is 5.84. The van der Waals surface area contributed by atoms with Crippen molar-refractivity contribution in [3.05, 3.63) is 0 Å². The average Bonchev–Trinajstić information content (AvgIpc) is 2.69. The summed E-state index contributed by atoms with van der Waals surface area (Å²) in [7, 11) is 0. The van der Waals surface area contributed by atoms with Crippen molar-refractivity contribution in [3.63, 3.8) is 0 Å². The van der Waals surface area contributed by atoms with Gasteiger partial charge in [-0.15, -0.1) is 0 Å². The smallest absolute Gasteiger partial charge is 0.241 e. The van der Waals surface area contributed by atoms with Crippen LogP contribution in [0.4, 0.5) is 0 Å². The van der Waals surface area contributed by atoms with E-state index in [-0.39, 0.29) is 6.04 Å². The lowest BCUT2D eigenvalue weighted by Gasteiger charge is -2.39. The van der Waals surface area contributed by atoms with Gasteiger partial charge in [0.25, 0.3) is 0 Å². The van der Waals surface area contributed by atoms with Crippen LogP contribution in [-0.2, 0) is 4.79 Å². The molecule has 3 heteroatoms. The van der Waals surface area contributed by atoms with Crippen molar-refractivity contribution < 1.29 is 4.79 Å². The molecule has 1 N–H and O–H groups in total. The molecular weight excluding hydrogens is 224 g/mol. The predicted octanol–water partition coefficient (Wildman–Crippen LogP) is 2.76. The number of carbonyl (C=O) groups excluding carboxylic acids is 1. The second kappa shape index (κ2) is 5.20. The summed E-state index contributed by atoms with van der Waals surface area (Å²) >= 11 is 0. The van der Waals surface area contributed by atoms with Crippen LogP contribution in [0.1, 0.15) is 59.8 Å². The van der Waals surface area contributed by atoms with Crippen LogP contribution < -0.4 is 5.32 Å². The summed E-state index contributed by atoms with van der Waals surface area (Å²) in [5, 5.41) is 3.41. The van der Waals surface area contributed by atoms with E-state index < -0.39 is 0 Å². The summed E-state index contributed by atoms with van der Waals surface area (Å²) in [5.41, 5.74) is 0.400. The maximum atomic E-state index is 12.5. The number of rotatable bonds is 3. The van der Waals surface area contributed by atoms with Gasteiger partial charge < -0.3 is 4.90 Å². The quantitative estimate of drug-likeness (QED) is 0.837. The van der Waals surface area contributed by atoms with Crippen LogP contribution in [0.3, 0.4) is 0 Å². The number of nitrogens with zero attached hydrogens (tertiary/aromatic N) is 1. The van der Waals surface area contributed by atoms with Gasteiger partial charge in [-0.1, -0.05) is 40.5 Å². The maximum absolute atomic E-state index is 12.5. The average molecular weight is 252 g/mol. The van der Waals surface area contributed by atoms with E-state index in [0.29, 0.717) is 23.3 Å². The Hall–Kier alpha value is -0.570. The van der Waals surface area contributed by atoms with Crippen LogP contribution in [0.15, 0.2) is 0 Å². The van der Waals surface area contributed by atoms with Gasteiger partial charge >= 0.3 is 0 Å². The van der Waals surface area contributed by atoms with Gasteiger partial charge in [-0.2, -0.15) is 0 Å². The second-order valence-electron chi connectivity index (χ2n) is 6.95. The molecule has 2 rings (SSSR count). The topological polar surface area (TPSA) is 32.3 Å². The molecule has 3 unspecified atom stereocenters. The largest absolute Gasteiger partial charge is 0.326 e. The van der Waals surface area contributed by atoms with Crippen molar-refractivity contribution in [2.24, 2.45) is 11.3 Å². The van der Waals surface area contributed by atoms with Gasteiger partial charge in [-0.05, 0) is 30.6 Å². The molecule has 1 aliphatic carbocycles.